The minimum atomic E-state index is -0.613. The first kappa shape index (κ1) is 12.1. The molecule has 0 heterocycles. The van der Waals surface area contributed by atoms with Gasteiger partial charge in [-0.1, -0.05) is 46.3 Å². The summed E-state index contributed by atoms with van der Waals surface area (Å²) in [5.41, 5.74) is 0.744. The summed E-state index contributed by atoms with van der Waals surface area (Å²) in [5, 5.41) is 8.55. The van der Waals surface area contributed by atoms with E-state index in [0.29, 0.717) is 0 Å². The van der Waals surface area contributed by atoms with Crippen LogP contribution in [0.4, 0.5) is 0 Å². The third-order valence-corrected chi connectivity index (χ3v) is 2.88. The molecule has 0 aliphatic carbocycles. The van der Waals surface area contributed by atoms with E-state index in [-0.39, 0.29) is 13.0 Å². The molecule has 0 aliphatic rings. The minimum absolute atomic E-state index is 0.117. The Morgan fingerprint density at radius 1 is 1.27 bits per heavy atom. The molecule has 80 valence electrons. The van der Waals surface area contributed by atoms with Crippen LogP contribution in [0.2, 0.25) is 0 Å². The van der Waals surface area contributed by atoms with E-state index in [9.17, 15) is 9.59 Å². The lowest BCUT2D eigenvalue weighted by Crippen LogP contribution is -2.19. The Hall–Kier alpha value is -1.00. The van der Waals surface area contributed by atoms with Crippen LogP contribution in [0, 0.1) is 0 Å². The number of benzene rings is 1. The fourth-order valence-electron chi connectivity index (χ4n) is 1.14. The fraction of sp³-hybridized carbons (Fsp3) is 0.273. The molecular weight excluding hydrogens is 260 g/mol. The number of aliphatic hydroxyl groups is 1. The number of ketones is 2. The number of carbonyl (C=O) groups excluding carboxylic acids is 2. The van der Waals surface area contributed by atoms with E-state index in [4.69, 9.17) is 5.11 Å². The van der Waals surface area contributed by atoms with E-state index in [2.05, 4.69) is 15.9 Å². The van der Waals surface area contributed by atoms with E-state index in [0.717, 1.165) is 5.56 Å². The second-order valence-corrected chi connectivity index (χ2v) is 3.95. The van der Waals surface area contributed by atoms with Crippen LogP contribution in [0.5, 0.6) is 0 Å². The van der Waals surface area contributed by atoms with Gasteiger partial charge in [-0.2, -0.15) is 0 Å². The van der Waals surface area contributed by atoms with Gasteiger partial charge in [0.25, 0.3) is 0 Å². The highest BCUT2D eigenvalue weighted by atomic mass is 79.9. The van der Waals surface area contributed by atoms with Gasteiger partial charge in [-0.3, -0.25) is 9.59 Å². The molecule has 1 aromatic carbocycles. The van der Waals surface area contributed by atoms with Gasteiger partial charge in [0.05, 0.1) is 6.61 Å². The average molecular weight is 271 g/mol. The van der Waals surface area contributed by atoms with Crippen LogP contribution in [0.15, 0.2) is 30.3 Å². The van der Waals surface area contributed by atoms with Crippen LogP contribution >= 0.6 is 15.9 Å². The quantitative estimate of drug-likeness (QED) is 0.654. The zero-order valence-corrected chi connectivity index (χ0v) is 9.61. The highest BCUT2D eigenvalue weighted by Gasteiger charge is 2.23. The molecule has 0 aliphatic heterocycles. The summed E-state index contributed by atoms with van der Waals surface area (Å²) >= 11 is 3.17. The van der Waals surface area contributed by atoms with Gasteiger partial charge < -0.3 is 5.11 Å². The van der Waals surface area contributed by atoms with E-state index < -0.39 is 16.4 Å². The molecule has 3 nitrogen and oxygen atoms in total. The largest absolute Gasteiger partial charge is 0.396 e. The Balaban J connectivity index is 2.73. The van der Waals surface area contributed by atoms with Crippen molar-refractivity contribution < 1.29 is 14.7 Å². The maximum atomic E-state index is 11.5. The summed E-state index contributed by atoms with van der Waals surface area (Å²) in [7, 11) is 0. The number of halogens is 1. The van der Waals surface area contributed by atoms with Gasteiger partial charge in [-0.25, -0.2) is 0 Å². The number of hydrogen-bond donors (Lipinski definition) is 1. The number of carbonyl (C=O) groups is 2. The molecule has 0 bridgehead atoms. The highest BCUT2D eigenvalue weighted by molar-refractivity contribution is 9.09. The molecule has 1 atom stereocenters. The lowest BCUT2D eigenvalue weighted by molar-refractivity contribution is -0.136. The molecule has 0 amide bonds. The molecule has 0 spiro atoms. The third-order valence-electron chi connectivity index (χ3n) is 1.94. The van der Waals surface area contributed by atoms with E-state index >= 15 is 0 Å². The normalized spacial score (nSPS) is 12.1. The Morgan fingerprint density at radius 2 is 1.87 bits per heavy atom. The molecule has 1 unspecified atom stereocenters. The van der Waals surface area contributed by atoms with Gasteiger partial charge in [0, 0.05) is 6.42 Å². The van der Waals surface area contributed by atoms with Gasteiger partial charge in [-0.05, 0) is 5.56 Å². The van der Waals surface area contributed by atoms with Crippen molar-refractivity contribution in [3.05, 3.63) is 35.9 Å². The van der Waals surface area contributed by atoms with Gasteiger partial charge in [-0.15, -0.1) is 0 Å². The Bertz CT molecular complexity index is 348. The zero-order valence-electron chi connectivity index (χ0n) is 8.02. The van der Waals surface area contributed by atoms with Crippen molar-refractivity contribution in [2.24, 2.45) is 0 Å². The number of Topliss-reactive ketones (excluding diaryl/α,β-unsaturated/α-hetero) is 2. The van der Waals surface area contributed by atoms with Crippen molar-refractivity contribution >= 4 is 27.5 Å². The fourth-order valence-corrected chi connectivity index (χ4v) is 1.70. The van der Waals surface area contributed by atoms with Crippen molar-refractivity contribution in [2.45, 2.75) is 11.2 Å². The predicted molar refractivity (Wildman–Crippen MR) is 59.8 cm³/mol. The van der Waals surface area contributed by atoms with Gasteiger partial charge in [0.15, 0.2) is 0 Å². The van der Waals surface area contributed by atoms with Crippen molar-refractivity contribution in [1.29, 1.82) is 0 Å². The first-order chi connectivity index (χ1) is 7.16. The molecule has 15 heavy (non-hydrogen) atoms. The summed E-state index contributed by atoms with van der Waals surface area (Å²) in [4.78, 5) is 22.1. The summed E-state index contributed by atoms with van der Waals surface area (Å²) in [6.07, 6.45) is -0.117. The average Bonchev–Trinajstić information content (AvgIpc) is 2.28. The smallest absolute Gasteiger partial charge is 0.216 e. The van der Waals surface area contributed by atoms with Crippen LogP contribution in [0.25, 0.3) is 0 Å². The molecule has 0 saturated carbocycles. The lowest BCUT2D eigenvalue weighted by atomic mass is 10.1. The zero-order chi connectivity index (χ0) is 11.3. The first-order valence-electron chi connectivity index (χ1n) is 4.53. The van der Waals surface area contributed by atoms with E-state index in [1.54, 1.807) is 24.3 Å². The number of rotatable bonds is 5. The SMILES string of the molecule is O=C(CCO)C(=O)C(Br)c1ccccc1. The third kappa shape index (κ3) is 3.25. The molecule has 1 N–H and O–H groups in total. The number of alkyl halides is 1. The monoisotopic (exact) mass is 270 g/mol. The summed E-state index contributed by atoms with van der Waals surface area (Å²) < 4.78 is 0. The molecular formula is C11H11BrO3. The highest BCUT2D eigenvalue weighted by Crippen LogP contribution is 2.23. The van der Waals surface area contributed by atoms with Gasteiger partial charge in [0.1, 0.15) is 4.83 Å². The molecule has 0 radical (unpaired) electrons. The number of aliphatic hydroxyl groups excluding tert-OH is 1. The van der Waals surface area contributed by atoms with Crippen LogP contribution in [0.3, 0.4) is 0 Å². The van der Waals surface area contributed by atoms with Crippen LogP contribution in [-0.4, -0.2) is 23.3 Å². The maximum absolute atomic E-state index is 11.5. The predicted octanol–water partition coefficient (Wildman–Crippen LogP) is 1.64. The van der Waals surface area contributed by atoms with Crippen molar-refractivity contribution in [3.63, 3.8) is 0 Å². The summed E-state index contributed by atoms with van der Waals surface area (Å²) in [6.45, 7) is -0.293. The van der Waals surface area contributed by atoms with Crippen molar-refractivity contribution in [1.82, 2.24) is 0 Å². The summed E-state index contributed by atoms with van der Waals surface area (Å²) in [6, 6.07) is 8.97. The Morgan fingerprint density at radius 3 is 2.40 bits per heavy atom. The Kier molecular flexibility index (Phi) is 4.65. The topological polar surface area (TPSA) is 54.4 Å². The second-order valence-electron chi connectivity index (χ2n) is 3.03. The van der Waals surface area contributed by atoms with E-state index in [1.807, 2.05) is 6.07 Å². The van der Waals surface area contributed by atoms with Crippen LogP contribution in [-0.2, 0) is 9.59 Å². The molecule has 1 rings (SSSR count). The summed E-state index contributed by atoms with van der Waals surface area (Å²) in [5.74, 6) is -1.07. The van der Waals surface area contributed by atoms with Crippen molar-refractivity contribution in [3.8, 4) is 0 Å². The first-order valence-corrected chi connectivity index (χ1v) is 5.45. The molecule has 0 fully saturated rings. The van der Waals surface area contributed by atoms with E-state index in [1.165, 1.54) is 0 Å². The molecule has 4 heteroatoms. The van der Waals surface area contributed by atoms with Gasteiger partial charge >= 0.3 is 0 Å². The molecule has 1 aromatic rings. The molecule has 0 saturated heterocycles. The van der Waals surface area contributed by atoms with Crippen molar-refractivity contribution in [2.75, 3.05) is 6.61 Å². The number of hydrogen-bond acceptors (Lipinski definition) is 3. The van der Waals surface area contributed by atoms with Crippen LogP contribution < -0.4 is 0 Å². The lowest BCUT2D eigenvalue weighted by Gasteiger charge is -2.07. The maximum Gasteiger partial charge on any atom is 0.216 e. The molecule has 0 aromatic heterocycles. The van der Waals surface area contributed by atoms with Gasteiger partial charge in [0.2, 0.25) is 11.6 Å². The second kappa shape index (κ2) is 5.78. The standard InChI is InChI=1S/C11H11BrO3/c12-10(8-4-2-1-3-5-8)11(15)9(14)6-7-13/h1-5,10,13H,6-7H2. The van der Waals surface area contributed by atoms with Crippen LogP contribution in [0.1, 0.15) is 16.8 Å². The Labute approximate surface area is 96.2 Å². The minimum Gasteiger partial charge on any atom is -0.396 e.